The summed E-state index contributed by atoms with van der Waals surface area (Å²) in [4.78, 5) is 0. The van der Waals surface area contributed by atoms with Gasteiger partial charge in [-0.2, -0.15) is 0 Å². The third-order valence-corrected chi connectivity index (χ3v) is 3.29. The molecule has 0 amide bonds. The second-order valence-electron chi connectivity index (χ2n) is 4.48. The van der Waals surface area contributed by atoms with E-state index in [-0.39, 0.29) is 6.04 Å². The van der Waals surface area contributed by atoms with Gasteiger partial charge in [0.25, 0.3) is 0 Å². The Hall–Kier alpha value is -1.54. The van der Waals surface area contributed by atoms with Crippen LogP contribution in [0, 0.1) is 13.8 Å². The van der Waals surface area contributed by atoms with Gasteiger partial charge in [-0.3, -0.25) is 0 Å². The molecule has 1 N–H and O–H groups in total. The Labute approximate surface area is 103 Å². The molecule has 0 aliphatic rings. The number of rotatable bonds is 4. The Kier molecular flexibility index (Phi) is 3.64. The summed E-state index contributed by atoms with van der Waals surface area (Å²) in [5.41, 5.74) is 4.06. The van der Waals surface area contributed by atoms with E-state index >= 15 is 0 Å². The highest BCUT2D eigenvalue weighted by Gasteiger charge is 2.08. The van der Waals surface area contributed by atoms with Crippen LogP contribution in [0.4, 0.5) is 0 Å². The van der Waals surface area contributed by atoms with Gasteiger partial charge in [0.05, 0.1) is 12.3 Å². The SMILES string of the molecule is Cc1cccc(CN[C@H](C)c2ccco2)c1C. The molecule has 2 aromatic rings. The van der Waals surface area contributed by atoms with Crippen molar-refractivity contribution in [3.8, 4) is 0 Å². The summed E-state index contributed by atoms with van der Waals surface area (Å²) >= 11 is 0. The highest BCUT2D eigenvalue weighted by molar-refractivity contribution is 5.33. The zero-order chi connectivity index (χ0) is 12.3. The van der Waals surface area contributed by atoms with Crippen molar-refractivity contribution in [1.29, 1.82) is 0 Å². The second-order valence-corrected chi connectivity index (χ2v) is 4.48. The summed E-state index contributed by atoms with van der Waals surface area (Å²) in [6, 6.07) is 10.6. The van der Waals surface area contributed by atoms with Crippen LogP contribution in [0.2, 0.25) is 0 Å². The van der Waals surface area contributed by atoms with Crippen LogP contribution in [0.3, 0.4) is 0 Å². The van der Waals surface area contributed by atoms with E-state index < -0.39 is 0 Å². The van der Waals surface area contributed by atoms with Gasteiger partial charge in [-0.05, 0) is 49.6 Å². The molecule has 0 radical (unpaired) electrons. The van der Waals surface area contributed by atoms with Crippen molar-refractivity contribution in [2.75, 3.05) is 0 Å². The van der Waals surface area contributed by atoms with Crippen LogP contribution in [0.25, 0.3) is 0 Å². The van der Waals surface area contributed by atoms with Gasteiger partial charge in [0, 0.05) is 6.54 Å². The molecule has 17 heavy (non-hydrogen) atoms. The third-order valence-electron chi connectivity index (χ3n) is 3.29. The van der Waals surface area contributed by atoms with Gasteiger partial charge < -0.3 is 9.73 Å². The molecule has 1 aromatic heterocycles. The summed E-state index contributed by atoms with van der Waals surface area (Å²) in [5, 5.41) is 3.48. The van der Waals surface area contributed by atoms with Crippen molar-refractivity contribution in [2.24, 2.45) is 0 Å². The quantitative estimate of drug-likeness (QED) is 0.863. The molecule has 0 aliphatic heterocycles. The van der Waals surface area contributed by atoms with Crippen LogP contribution in [0.15, 0.2) is 41.0 Å². The Morgan fingerprint density at radius 3 is 2.71 bits per heavy atom. The molecule has 0 saturated carbocycles. The molecular weight excluding hydrogens is 210 g/mol. The van der Waals surface area contributed by atoms with Gasteiger partial charge in [-0.25, -0.2) is 0 Å². The molecule has 0 spiro atoms. The topological polar surface area (TPSA) is 25.2 Å². The predicted molar refractivity (Wildman–Crippen MR) is 69.9 cm³/mol. The van der Waals surface area contributed by atoms with Gasteiger partial charge in [0.15, 0.2) is 0 Å². The van der Waals surface area contributed by atoms with Crippen LogP contribution in [0.1, 0.15) is 35.4 Å². The molecule has 2 nitrogen and oxygen atoms in total. The minimum absolute atomic E-state index is 0.241. The Morgan fingerprint density at radius 1 is 1.18 bits per heavy atom. The van der Waals surface area contributed by atoms with Gasteiger partial charge in [0.1, 0.15) is 5.76 Å². The summed E-state index contributed by atoms with van der Waals surface area (Å²) in [7, 11) is 0. The average molecular weight is 229 g/mol. The Balaban J connectivity index is 2.00. The van der Waals surface area contributed by atoms with Gasteiger partial charge >= 0.3 is 0 Å². The lowest BCUT2D eigenvalue weighted by Crippen LogP contribution is -2.18. The Bertz CT molecular complexity index is 474. The first-order chi connectivity index (χ1) is 8.18. The van der Waals surface area contributed by atoms with E-state index in [1.807, 2.05) is 12.1 Å². The van der Waals surface area contributed by atoms with E-state index in [9.17, 15) is 0 Å². The van der Waals surface area contributed by atoms with E-state index in [4.69, 9.17) is 4.42 Å². The Morgan fingerprint density at radius 2 is 2.00 bits per heavy atom. The van der Waals surface area contributed by atoms with Crippen molar-refractivity contribution in [1.82, 2.24) is 5.32 Å². The zero-order valence-corrected chi connectivity index (χ0v) is 10.7. The highest BCUT2D eigenvalue weighted by atomic mass is 16.3. The molecule has 90 valence electrons. The number of nitrogens with one attached hydrogen (secondary N) is 1. The fourth-order valence-corrected chi connectivity index (χ4v) is 1.90. The molecule has 0 bridgehead atoms. The number of benzene rings is 1. The first-order valence-electron chi connectivity index (χ1n) is 6.00. The zero-order valence-electron chi connectivity index (χ0n) is 10.7. The second kappa shape index (κ2) is 5.19. The fraction of sp³-hybridized carbons (Fsp3) is 0.333. The van der Waals surface area contributed by atoms with Gasteiger partial charge in [-0.15, -0.1) is 0 Å². The lowest BCUT2D eigenvalue weighted by Gasteiger charge is -2.13. The minimum atomic E-state index is 0.241. The molecule has 0 fully saturated rings. The lowest BCUT2D eigenvalue weighted by molar-refractivity contribution is 0.430. The van der Waals surface area contributed by atoms with Crippen LogP contribution in [-0.4, -0.2) is 0 Å². The first kappa shape index (κ1) is 11.9. The summed E-state index contributed by atoms with van der Waals surface area (Å²) in [6.07, 6.45) is 1.71. The first-order valence-corrected chi connectivity index (χ1v) is 6.00. The summed E-state index contributed by atoms with van der Waals surface area (Å²) in [6.45, 7) is 7.30. The smallest absolute Gasteiger partial charge is 0.120 e. The molecule has 2 heteroatoms. The summed E-state index contributed by atoms with van der Waals surface area (Å²) in [5.74, 6) is 0.982. The van der Waals surface area contributed by atoms with Crippen LogP contribution in [0.5, 0.6) is 0 Å². The normalized spacial score (nSPS) is 12.6. The molecule has 0 saturated heterocycles. The predicted octanol–water partition coefficient (Wildman–Crippen LogP) is 3.75. The highest BCUT2D eigenvalue weighted by Crippen LogP contribution is 2.16. The fourth-order valence-electron chi connectivity index (χ4n) is 1.90. The van der Waals surface area contributed by atoms with Crippen molar-refractivity contribution in [3.63, 3.8) is 0 Å². The maximum atomic E-state index is 5.38. The maximum Gasteiger partial charge on any atom is 0.120 e. The van der Waals surface area contributed by atoms with E-state index in [0.29, 0.717) is 0 Å². The van der Waals surface area contributed by atoms with Crippen LogP contribution < -0.4 is 5.32 Å². The van der Waals surface area contributed by atoms with Crippen molar-refractivity contribution in [3.05, 3.63) is 59.0 Å². The standard InChI is InChI=1S/C15H19NO/c1-11-6-4-7-14(12(11)2)10-16-13(3)15-8-5-9-17-15/h4-9,13,16H,10H2,1-3H3/t13-/m1/s1. The largest absolute Gasteiger partial charge is 0.468 e. The number of hydrogen-bond donors (Lipinski definition) is 1. The maximum absolute atomic E-state index is 5.38. The number of furan rings is 1. The van der Waals surface area contributed by atoms with Crippen LogP contribution >= 0.6 is 0 Å². The van der Waals surface area contributed by atoms with E-state index in [1.54, 1.807) is 6.26 Å². The van der Waals surface area contributed by atoms with Gasteiger partial charge in [0.2, 0.25) is 0 Å². The van der Waals surface area contributed by atoms with Crippen molar-refractivity contribution < 1.29 is 4.42 Å². The number of aryl methyl sites for hydroxylation is 1. The minimum Gasteiger partial charge on any atom is -0.468 e. The molecule has 0 aliphatic carbocycles. The molecule has 1 heterocycles. The average Bonchev–Trinajstić information content (AvgIpc) is 2.84. The molecule has 2 rings (SSSR count). The van der Waals surface area contributed by atoms with Crippen molar-refractivity contribution in [2.45, 2.75) is 33.4 Å². The van der Waals surface area contributed by atoms with E-state index in [0.717, 1.165) is 12.3 Å². The van der Waals surface area contributed by atoms with Crippen LogP contribution in [-0.2, 0) is 6.54 Å². The van der Waals surface area contributed by atoms with E-state index in [2.05, 4.69) is 44.3 Å². The molecule has 0 unspecified atom stereocenters. The van der Waals surface area contributed by atoms with Gasteiger partial charge in [-0.1, -0.05) is 18.2 Å². The van der Waals surface area contributed by atoms with E-state index in [1.165, 1.54) is 16.7 Å². The lowest BCUT2D eigenvalue weighted by atomic mass is 10.0. The molecular formula is C15H19NO. The monoisotopic (exact) mass is 229 g/mol. The molecule has 1 aromatic carbocycles. The molecule has 1 atom stereocenters. The summed E-state index contributed by atoms with van der Waals surface area (Å²) < 4.78 is 5.38. The third kappa shape index (κ3) is 2.77. The number of hydrogen-bond acceptors (Lipinski definition) is 2. The van der Waals surface area contributed by atoms with Crippen molar-refractivity contribution >= 4 is 0 Å².